The first-order valence-corrected chi connectivity index (χ1v) is 10.6. The molecule has 0 N–H and O–H groups in total. The Hall–Kier alpha value is -1.99. The van der Waals surface area contributed by atoms with Crippen LogP contribution in [0.15, 0.2) is 47.4 Å². The van der Waals surface area contributed by atoms with Gasteiger partial charge in [-0.25, -0.2) is 4.90 Å². The summed E-state index contributed by atoms with van der Waals surface area (Å²) in [7, 11) is 5.50. The number of thioether (sulfide) groups is 1. The number of amides is 2. The SMILES string of the molecule is COc1ccc(C2=C(SCCN(C)C)C(=O)N(c3ccc(Cl)c(Cl)c3)C2=O)cc1. The molecule has 0 unspecified atom stereocenters. The number of ether oxygens (including phenoxy) is 1. The molecule has 0 aliphatic carbocycles. The molecule has 2 aromatic rings. The number of carbonyl (C=O) groups is 2. The van der Waals surface area contributed by atoms with Crippen LogP contribution in [0.25, 0.3) is 5.57 Å². The Bertz CT molecular complexity index is 974. The molecule has 0 bridgehead atoms. The minimum absolute atomic E-state index is 0.282. The van der Waals surface area contributed by atoms with Gasteiger partial charge in [0.05, 0.1) is 33.3 Å². The molecule has 29 heavy (non-hydrogen) atoms. The highest BCUT2D eigenvalue weighted by atomic mass is 35.5. The molecule has 0 saturated heterocycles. The molecule has 2 aromatic carbocycles. The van der Waals surface area contributed by atoms with Gasteiger partial charge in [-0.05, 0) is 50.0 Å². The van der Waals surface area contributed by atoms with Crippen LogP contribution in [0, 0.1) is 0 Å². The van der Waals surface area contributed by atoms with E-state index in [4.69, 9.17) is 27.9 Å². The van der Waals surface area contributed by atoms with Crippen LogP contribution in [0.5, 0.6) is 5.75 Å². The highest BCUT2D eigenvalue weighted by molar-refractivity contribution is 8.04. The summed E-state index contributed by atoms with van der Waals surface area (Å²) in [4.78, 5) is 30.1. The fourth-order valence-corrected chi connectivity index (χ4v) is 4.36. The third-order valence-corrected chi connectivity index (χ3v) is 6.16. The van der Waals surface area contributed by atoms with Crippen molar-refractivity contribution in [2.24, 2.45) is 0 Å². The molecule has 0 saturated carbocycles. The van der Waals surface area contributed by atoms with E-state index in [1.165, 1.54) is 17.8 Å². The van der Waals surface area contributed by atoms with Crippen molar-refractivity contribution in [3.63, 3.8) is 0 Å². The Balaban J connectivity index is 2.02. The maximum atomic E-state index is 13.3. The maximum absolute atomic E-state index is 13.3. The van der Waals surface area contributed by atoms with Crippen LogP contribution in [0.3, 0.4) is 0 Å². The van der Waals surface area contributed by atoms with Gasteiger partial charge in [-0.3, -0.25) is 9.59 Å². The predicted molar refractivity (Wildman–Crippen MR) is 120 cm³/mol. The van der Waals surface area contributed by atoms with Crippen molar-refractivity contribution in [3.05, 3.63) is 63.0 Å². The molecule has 1 aliphatic rings. The van der Waals surface area contributed by atoms with E-state index in [-0.39, 0.29) is 16.8 Å². The van der Waals surface area contributed by atoms with Gasteiger partial charge in [0.1, 0.15) is 5.75 Å². The lowest BCUT2D eigenvalue weighted by molar-refractivity contribution is -0.119. The van der Waals surface area contributed by atoms with E-state index in [2.05, 4.69) is 0 Å². The number of hydrogen-bond acceptors (Lipinski definition) is 5. The number of halogens is 2. The second-order valence-electron chi connectivity index (χ2n) is 6.63. The van der Waals surface area contributed by atoms with Gasteiger partial charge in [-0.2, -0.15) is 0 Å². The molecule has 8 heteroatoms. The van der Waals surface area contributed by atoms with Gasteiger partial charge >= 0.3 is 0 Å². The van der Waals surface area contributed by atoms with Crippen molar-refractivity contribution in [2.45, 2.75) is 0 Å². The summed E-state index contributed by atoms with van der Waals surface area (Å²) in [5.74, 6) is 0.610. The molecule has 0 fully saturated rings. The lowest BCUT2D eigenvalue weighted by Gasteiger charge is -2.16. The minimum Gasteiger partial charge on any atom is -0.497 e. The topological polar surface area (TPSA) is 49.9 Å². The number of benzene rings is 2. The standard InChI is InChI=1S/C21H20Cl2N2O3S/c1-24(2)10-11-29-19-18(13-4-7-15(28-3)8-5-13)20(26)25(21(19)27)14-6-9-16(22)17(23)12-14/h4-9,12H,10-11H2,1-3H3. The number of imide groups is 1. The summed E-state index contributed by atoms with van der Waals surface area (Å²) in [6.45, 7) is 0.776. The summed E-state index contributed by atoms with van der Waals surface area (Å²) in [6.07, 6.45) is 0. The van der Waals surface area contributed by atoms with E-state index in [1.807, 2.05) is 19.0 Å². The van der Waals surface area contributed by atoms with E-state index in [1.54, 1.807) is 43.5 Å². The first-order chi connectivity index (χ1) is 13.8. The van der Waals surface area contributed by atoms with Gasteiger partial charge in [0.2, 0.25) is 0 Å². The average molecular weight is 451 g/mol. The van der Waals surface area contributed by atoms with Crippen LogP contribution in [0.4, 0.5) is 5.69 Å². The zero-order valence-corrected chi connectivity index (χ0v) is 18.6. The predicted octanol–water partition coefficient (Wildman–Crippen LogP) is 4.58. The quantitative estimate of drug-likeness (QED) is 0.577. The molecule has 5 nitrogen and oxygen atoms in total. The van der Waals surface area contributed by atoms with Gasteiger partial charge < -0.3 is 9.64 Å². The lowest BCUT2D eigenvalue weighted by Crippen LogP contribution is -2.31. The second kappa shape index (κ2) is 9.22. The Labute approximate surface area is 184 Å². The monoisotopic (exact) mass is 450 g/mol. The Kier molecular flexibility index (Phi) is 6.90. The largest absolute Gasteiger partial charge is 0.497 e. The van der Waals surface area contributed by atoms with Gasteiger partial charge in [0.15, 0.2) is 0 Å². The zero-order chi connectivity index (χ0) is 21.1. The smallest absolute Gasteiger partial charge is 0.272 e. The van der Waals surface area contributed by atoms with E-state index in [9.17, 15) is 9.59 Å². The molecule has 0 aromatic heterocycles. The van der Waals surface area contributed by atoms with Gasteiger partial charge in [0, 0.05) is 12.3 Å². The summed E-state index contributed by atoms with van der Waals surface area (Å²) in [5.41, 5.74) is 1.44. The fraction of sp³-hybridized carbons (Fsp3) is 0.238. The Morgan fingerprint density at radius 1 is 1.00 bits per heavy atom. The normalized spacial score (nSPS) is 14.3. The number of hydrogen-bond donors (Lipinski definition) is 0. The van der Waals surface area contributed by atoms with Crippen LogP contribution in [0.1, 0.15) is 5.56 Å². The number of carbonyl (C=O) groups excluding carboxylic acids is 2. The number of anilines is 1. The van der Waals surface area contributed by atoms with Gasteiger partial charge in [-0.15, -0.1) is 11.8 Å². The van der Waals surface area contributed by atoms with Crippen molar-refractivity contribution in [2.75, 3.05) is 38.4 Å². The number of nitrogens with zero attached hydrogens (tertiary/aromatic N) is 2. The molecule has 2 amide bonds. The molecule has 1 aliphatic heterocycles. The molecule has 3 rings (SSSR count). The third-order valence-electron chi connectivity index (χ3n) is 4.37. The van der Waals surface area contributed by atoms with Crippen molar-refractivity contribution in [1.29, 1.82) is 0 Å². The van der Waals surface area contributed by atoms with E-state index in [0.717, 1.165) is 11.4 Å². The van der Waals surface area contributed by atoms with Crippen molar-refractivity contribution in [3.8, 4) is 5.75 Å². The first kappa shape index (κ1) is 21.7. The molecule has 1 heterocycles. The lowest BCUT2D eigenvalue weighted by atomic mass is 10.1. The molecule has 0 atom stereocenters. The summed E-state index contributed by atoms with van der Waals surface area (Å²) < 4.78 is 5.20. The van der Waals surface area contributed by atoms with E-state index in [0.29, 0.717) is 38.3 Å². The van der Waals surface area contributed by atoms with Crippen LogP contribution in [-0.4, -0.2) is 50.2 Å². The minimum atomic E-state index is -0.383. The molecule has 152 valence electrons. The highest BCUT2D eigenvalue weighted by Gasteiger charge is 2.40. The fourth-order valence-electron chi connectivity index (χ4n) is 2.84. The average Bonchev–Trinajstić information content (AvgIpc) is 2.94. The van der Waals surface area contributed by atoms with Crippen molar-refractivity contribution >= 4 is 58.0 Å². The number of rotatable bonds is 7. The van der Waals surface area contributed by atoms with Crippen LogP contribution in [0.2, 0.25) is 10.0 Å². The summed E-state index contributed by atoms with van der Waals surface area (Å²) in [5, 5.41) is 0.642. The first-order valence-electron chi connectivity index (χ1n) is 8.83. The Morgan fingerprint density at radius 2 is 1.69 bits per heavy atom. The van der Waals surface area contributed by atoms with Crippen molar-refractivity contribution < 1.29 is 14.3 Å². The zero-order valence-electron chi connectivity index (χ0n) is 16.2. The molecular weight excluding hydrogens is 431 g/mol. The van der Waals surface area contributed by atoms with Crippen LogP contribution < -0.4 is 9.64 Å². The second-order valence-corrected chi connectivity index (χ2v) is 8.55. The third kappa shape index (κ3) is 4.61. The van der Waals surface area contributed by atoms with E-state index >= 15 is 0 Å². The van der Waals surface area contributed by atoms with E-state index < -0.39 is 0 Å². The molecule has 0 radical (unpaired) electrons. The van der Waals surface area contributed by atoms with Crippen LogP contribution >= 0.6 is 35.0 Å². The highest BCUT2D eigenvalue weighted by Crippen LogP contribution is 2.40. The maximum Gasteiger partial charge on any atom is 0.272 e. The summed E-state index contributed by atoms with van der Waals surface area (Å²) >= 11 is 13.5. The van der Waals surface area contributed by atoms with Crippen molar-refractivity contribution in [1.82, 2.24) is 4.90 Å². The number of methoxy groups -OCH3 is 1. The van der Waals surface area contributed by atoms with Gasteiger partial charge in [-0.1, -0.05) is 35.3 Å². The molecule has 0 spiro atoms. The van der Waals surface area contributed by atoms with Crippen LogP contribution in [-0.2, 0) is 9.59 Å². The molecular formula is C21H20Cl2N2O3S. The van der Waals surface area contributed by atoms with Gasteiger partial charge in [0.25, 0.3) is 11.8 Å². The summed E-state index contributed by atoms with van der Waals surface area (Å²) in [6, 6.07) is 11.8. The Morgan fingerprint density at radius 3 is 2.28 bits per heavy atom.